The van der Waals surface area contributed by atoms with E-state index in [4.69, 9.17) is 10.5 Å². The minimum atomic E-state index is -2.93. The van der Waals surface area contributed by atoms with E-state index >= 15 is 0 Å². The standard InChI is InChI=1S/C13H24F2N2O2/c1-12(2,3)19-11(18)17-7-5-4-6-10(17)8-13(14,15)9-16/h10H,4-9,16H2,1-3H3. The van der Waals surface area contributed by atoms with Crippen LogP contribution in [0.25, 0.3) is 0 Å². The first-order chi connectivity index (χ1) is 8.64. The third-order valence-corrected chi connectivity index (χ3v) is 3.09. The van der Waals surface area contributed by atoms with E-state index in [-0.39, 0.29) is 6.42 Å². The number of likely N-dealkylation sites (tertiary alicyclic amines) is 1. The van der Waals surface area contributed by atoms with Gasteiger partial charge in [-0.2, -0.15) is 0 Å². The number of rotatable bonds is 3. The molecule has 4 nitrogen and oxygen atoms in total. The molecule has 1 aliphatic heterocycles. The highest BCUT2D eigenvalue weighted by molar-refractivity contribution is 5.68. The summed E-state index contributed by atoms with van der Waals surface area (Å²) >= 11 is 0. The fourth-order valence-electron chi connectivity index (χ4n) is 2.20. The van der Waals surface area contributed by atoms with Crippen LogP contribution in [0, 0.1) is 0 Å². The number of amides is 1. The summed E-state index contributed by atoms with van der Waals surface area (Å²) in [6.45, 7) is 5.07. The molecule has 0 aromatic carbocycles. The lowest BCUT2D eigenvalue weighted by Crippen LogP contribution is -2.49. The van der Waals surface area contributed by atoms with Gasteiger partial charge in [-0.15, -0.1) is 0 Å². The van der Waals surface area contributed by atoms with Crippen LogP contribution in [0.1, 0.15) is 46.5 Å². The normalized spacial score (nSPS) is 21.4. The molecule has 1 atom stereocenters. The zero-order valence-corrected chi connectivity index (χ0v) is 11.9. The number of carbonyl (C=O) groups is 1. The highest BCUT2D eigenvalue weighted by atomic mass is 19.3. The summed E-state index contributed by atoms with van der Waals surface area (Å²) < 4.78 is 32.1. The molecule has 0 radical (unpaired) electrons. The molecule has 1 amide bonds. The van der Waals surface area contributed by atoms with Crippen LogP contribution >= 0.6 is 0 Å². The lowest BCUT2D eigenvalue weighted by atomic mass is 9.97. The summed E-state index contributed by atoms with van der Waals surface area (Å²) in [6, 6.07) is -0.484. The number of nitrogens with two attached hydrogens (primary N) is 1. The van der Waals surface area contributed by atoms with Crippen LogP contribution in [0.15, 0.2) is 0 Å². The van der Waals surface area contributed by atoms with E-state index < -0.39 is 30.2 Å². The smallest absolute Gasteiger partial charge is 0.410 e. The first-order valence-electron chi connectivity index (χ1n) is 6.72. The molecule has 6 heteroatoms. The molecule has 112 valence electrons. The highest BCUT2D eigenvalue weighted by Crippen LogP contribution is 2.28. The summed E-state index contributed by atoms with van der Waals surface area (Å²) in [5.41, 5.74) is 4.45. The van der Waals surface area contributed by atoms with Crippen molar-refractivity contribution in [3.63, 3.8) is 0 Å². The third-order valence-electron chi connectivity index (χ3n) is 3.09. The molecule has 0 bridgehead atoms. The van der Waals surface area contributed by atoms with Gasteiger partial charge in [0.25, 0.3) is 5.92 Å². The van der Waals surface area contributed by atoms with E-state index in [1.165, 1.54) is 4.90 Å². The minimum Gasteiger partial charge on any atom is -0.444 e. The first kappa shape index (κ1) is 16.1. The highest BCUT2D eigenvalue weighted by Gasteiger charge is 2.37. The predicted octanol–water partition coefficient (Wildman–Crippen LogP) is 2.76. The van der Waals surface area contributed by atoms with E-state index in [0.717, 1.165) is 12.8 Å². The van der Waals surface area contributed by atoms with Crippen LogP contribution in [0.2, 0.25) is 0 Å². The molecule has 0 saturated carbocycles. The molecule has 0 aromatic heterocycles. The van der Waals surface area contributed by atoms with Crippen LogP contribution in [-0.2, 0) is 4.74 Å². The summed E-state index contributed by atoms with van der Waals surface area (Å²) in [5, 5.41) is 0. The Morgan fingerprint density at radius 3 is 2.53 bits per heavy atom. The van der Waals surface area contributed by atoms with Crippen molar-refractivity contribution in [2.24, 2.45) is 5.73 Å². The van der Waals surface area contributed by atoms with E-state index in [9.17, 15) is 13.6 Å². The molecule has 1 aliphatic rings. The Morgan fingerprint density at radius 1 is 1.37 bits per heavy atom. The molecule has 0 aliphatic carbocycles. The number of piperidine rings is 1. The van der Waals surface area contributed by atoms with Crippen LogP contribution in [0.3, 0.4) is 0 Å². The van der Waals surface area contributed by atoms with E-state index in [2.05, 4.69) is 0 Å². The number of carbonyl (C=O) groups excluding carboxylic acids is 1. The van der Waals surface area contributed by atoms with Crippen molar-refractivity contribution in [3.8, 4) is 0 Å². The molecular weight excluding hydrogens is 254 g/mol. The maximum Gasteiger partial charge on any atom is 0.410 e. The number of halogens is 2. The van der Waals surface area contributed by atoms with Crippen LogP contribution < -0.4 is 5.73 Å². The summed E-state index contributed by atoms with van der Waals surface area (Å²) in [6.07, 6.45) is 1.36. The third kappa shape index (κ3) is 5.30. The Morgan fingerprint density at radius 2 is 2.00 bits per heavy atom. The maximum atomic E-state index is 13.4. The van der Waals surface area contributed by atoms with E-state index in [1.807, 2.05) is 0 Å². The van der Waals surface area contributed by atoms with Gasteiger partial charge in [-0.3, -0.25) is 0 Å². The van der Waals surface area contributed by atoms with Crippen molar-refractivity contribution in [2.45, 2.75) is 64.0 Å². The quantitative estimate of drug-likeness (QED) is 0.863. The lowest BCUT2D eigenvalue weighted by molar-refractivity contribution is -0.0389. The first-order valence-corrected chi connectivity index (χ1v) is 6.72. The molecule has 19 heavy (non-hydrogen) atoms. The zero-order chi connectivity index (χ0) is 14.7. The van der Waals surface area contributed by atoms with Gasteiger partial charge in [0.1, 0.15) is 5.60 Å². The van der Waals surface area contributed by atoms with Crippen molar-refractivity contribution < 1.29 is 18.3 Å². The summed E-state index contributed by atoms with van der Waals surface area (Å²) in [5.74, 6) is -2.93. The summed E-state index contributed by atoms with van der Waals surface area (Å²) in [4.78, 5) is 13.5. The Bertz CT molecular complexity index is 316. The van der Waals surface area contributed by atoms with Gasteiger partial charge in [0.15, 0.2) is 0 Å². The largest absolute Gasteiger partial charge is 0.444 e. The van der Waals surface area contributed by atoms with Gasteiger partial charge < -0.3 is 15.4 Å². The minimum absolute atomic E-state index is 0.386. The molecular formula is C13H24F2N2O2. The van der Waals surface area contributed by atoms with Crippen molar-refractivity contribution in [1.82, 2.24) is 4.90 Å². The molecule has 1 rings (SSSR count). The SMILES string of the molecule is CC(C)(C)OC(=O)N1CCCCC1CC(F)(F)CN. The van der Waals surface area contributed by atoms with Gasteiger partial charge >= 0.3 is 6.09 Å². The molecule has 0 spiro atoms. The van der Waals surface area contributed by atoms with E-state index in [1.54, 1.807) is 20.8 Å². The van der Waals surface area contributed by atoms with Crippen molar-refractivity contribution in [1.29, 1.82) is 0 Å². The lowest BCUT2D eigenvalue weighted by Gasteiger charge is -2.38. The van der Waals surface area contributed by atoms with Crippen molar-refractivity contribution >= 4 is 6.09 Å². The monoisotopic (exact) mass is 278 g/mol. The number of hydrogen-bond acceptors (Lipinski definition) is 3. The zero-order valence-electron chi connectivity index (χ0n) is 11.9. The topological polar surface area (TPSA) is 55.6 Å². The molecule has 0 aromatic rings. The van der Waals surface area contributed by atoms with Crippen molar-refractivity contribution in [2.75, 3.05) is 13.1 Å². The van der Waals surface area contributed by atoms with Crippen LogP contribution in [0.4, 0.5) is 13.6 Å². The number of hydrogen-bond donors (Lipinski definition) is 1. The number of ether oxygens (including phenoxy) is 1. The Balaban J connectivity index is 2.70. The van der Waals surface area contributed by atoms with Gasteiger partial charge in [-0.1, -0.05) is 0 Å². The summed E-state index contributed by atoms with van der Waals surface area (Å²) in [7, 11) is 0. The number of nitrogens with zero attached hydrogens (tertiary/aromatic N) is 1. The fraction of sp³-hybridized carbons (Fsp3) is 0.923. The molecule has 1 unspecified atom stereocenters. The molecule has 1 fully saturated rings. The Hall–Kier alpha value is -0.910. The van der Waals surface area contributed by atoms with Gasteiger partial charge in [0, 0.05) is 19.0 Å². The fourth-order valence-corrected chi connectivity index (χ4v) is 2.20. The average Bonchev–Trinajstić information content (AvgIpc) is 2.27. The van der Waals surface area contributed by atoms with Gasteiger partial charge in [-0.05, 0) is 40.0 Å². The molecule has 2 N–H and O–H groups in total. The Kier molecular flexibility index (Phi) is 5.12. The Labute approximate surface area is 113 Å². The molecule has 1 saturated heterocycles. The van der Waals surface area contributed by atoms with Crippen LogP contribution in [0.5, 0.6) is 0 Å². The average molecular weight is 278 g/mol. The second-order valence-electron chi connectivity index (χ2n) is 6.09. The predicted molar refractivity (Wildman–Crippen MR) is 69.2 cm³/mol. The molecule has 1 heterocycles. The van der Waals surface area contributed by atoms with Gasteiger partial charge in [0.2, 0.25) is 0 Å². The van der Waals surface area contributed by atoms with Gasteiger partial charge in [-0.25, -0.2) is 13.6 Å². The second-order valence-corrected chi connectivity index (χ2v) is 6.09. The second kappa shape index (κ2) is 6.03. The number of alkyl halides is 2. The maximum absolute atomic E-state index is 13.4. The van der Waals surface area contributed by atoms with E-state index in [0.29, 0.717) is 13.0 Å². The van der Waals surface area contributed by atoms with Crippen molar-refractivity contribution in [3.05, 3.63) is 0 Å². The van der Waals surface area contributed by atoms with Gasteiger partial charge in [0.05, 0.1) is 6.54 Å². The van der Waals surface area contributed by atoms with Crippen LogP contribution in [-0.4, -0.2) is 41.6 Å².